The van der Waals surface area contributed by atoms with Gasteiger partial charge in [0.1, 0.15) is 5.82 Å². The molecule has 21 heavy (non-hydrogen) atoms. The van der Waals surface area contributed by atoms with Gasteiger partial charge < -0.3 is 0 Å². The zero-order chi connectivity index (χ0) is 14.8. The first-order valence-electron chi connectivity index (χ1n) is 7.56. The summed E-state index contributed by atoms with van der Waals surface area (Å²) in [5.41, 5.74) is 9.36. The average molecular weight is 288 g/mol. The van der Waals surface area contributed by atoms with Gasteiger partial charge in [0, 0.05) is 30.5 Å². The molecule has 1 aromatic rings. The highest BCUT2D eigenvalue weighted by Crippen LogP contribution is 2.35. The van der Waals surface area contributed by atoms with E-state index >= 15 is 0 Å². The lowest BCUT2D eigenvalue weighted by atomic mass is 10.1. The lowest BCUT2D eigenvalue weighted by molar-refractivity contribution is -0.117. The Morgan fingerprint density at radius 1 is 1.48 bits per heavy atom. The summed E-state index contributed by atoms with van der Waals surface area (Å²) in [5, 5.41) is 8.20. The zero-order valence-electron chi connectivity index (χ0n) is 12.3. The van der Waals surface area contributed by atoms with Crippen LogP contribution in [0.2, 0.25) is 0 Å². The lowest BCUT2D eigenvalue weighted by Crippen LogP contribution is -2.28. The van der Waals surface area contributed by atoms with E-state index in [0.717, 1.165) is 24.4 Å². The predicted molar refractivity (Wildman–Crippen MR) is 78.9 cm³/mol. The first kappa shape index (κ1) is 13.9. The molecule has 1 saturated heterocycles. The minimum Gasteiger partial charge on any atom is -0.297 e. The van der Waals surface area contributed by atoms with Gasteiger partial charge in [0.15, 0.2) is 0 Å². The van der Waals surface area contributed by atoms with E-state index in [-0.39, 0.29) is 11.8 Å². The third-order valence-electron chi connectivity index (χ3n) is 4.39. The zero-order valence-corrected chi connectivity index (χ0v) is 12.3. The molecule has 2 heterocycles. The maximum Gasteiger partial charge on any atom is 0.228 e. The van der Waals surface area contributed by atoms with Gasteiger partial charge in [0.2, 0.25) is 5.91 Å². The standard InChI is InChI=1S/C14H20N6O/c1-10-6-13(20(17-10)12-4-2-3-5-12)19-9-11(7-14(19)21)8-16-18-15/h6,11-12H,2-5,7-9H2,1H3. The van der Waals surface area contributed by atoms with Crippen molar-refractivity contribution in [2.45, 2.75) is 45.1 Å². The molecule has 0 bridgehead atoms. The molecule has 1 amide bonds. The Morgan fingerprint density at radius 2 is 2.24 bits per heavy atom. The molecule has 3 rings (SSSR count). The number of aromatic nitrogens is 2. The van der Waals surface area contributed by atoms with Gasteiger partial charge >= 0.3 is 0 Å². The van der Waals surface area contributed by atoms with Crippen molar-refractivity contribution in [3.63, 3.8) is 0 Å². The Bertz CT molecular complexity index is 582. The molecule has 1 atom stereocenters. The quantitative estimate of drug-likeness (QED) is 0.484. The third kappa shape index (κ3) is 2.74. The first-order valence-corrected chi connectivity index (χ1v) is 7.56. The summed E-state index contributed by atoms with van der Waals surface area (Å²) in [5.74, 6) is 1.13. The van der Waals surface area contributed by atoms with Crippen molar-refractivity contribution in [2.24, 2.45) is 11.0 Å². The Hall–Kier alpha value is -2.01. The molecule has 1 aliphatic heterocycles. The number of hydrogen-bond donors (Lipinski definition) is 0. The lowest BCUT2D eigenvalue weighted by Gasteiger charge is -2.21. The molecule has 1 aromatic heterocycles. The van der Waals surface area contributed by atoms with Gasteiger partial charge in [-0.1, -0.05) is 18.0 Å². The Balaban J connectivity index is 1.83. The van der Waals surface area contributed by atoms with E-state index in [0.29, 0.717) is 25.6 Å². The normalized spacial score (nSPS) is 22.8. The first-order chi connectivity index (χ1) is 10.2. The average Bonchev–Trinajstić information content (AvgIpc) is 3.15. The number of hydrogen-bond acceptors (Lipinski definition) is 3. The Labute approximate surface area is 123 Å². The molecule has 7 heteroatoms. The highest BCUT2D eigenvalue weighted by Gasteiger charge is 2.33. The Kier molecular flexibility index (Phi) is 3.84. The summed E-state index contributed by atoms with van der Waals surface area (Å²) >= 11 is 0. The topological polar surface area (TPSA) is 86.9 Å². The van der Waals surface area contributed by atoms with Gasteiger partial charge in [-0.05, 0) is 31.2 Å². The van der Waals surface area contributed by atoms with Gasteiger partial charge in [-0.15, -0.1) is 0 Å². The van der Waals surface area contributed by atoms with Gasteiger partial charge in [0.25, 0.3) is 0 Å². The summed E-state index contributed by atoms with van der Waals surface area (Å²) in [4.78, 5) is 16.9. The molecule has 112 valence electrons. The fourth-order valence-electron chi connectivity index (χ4n) is 3.40. The molecular weight excluding hydrogens is 268 g/mol. The summed E-state index contributed by atoms with van der Waals surface area (Å²) in [7, 11) is 0. The van der Waals surface area contributed by atoms with Crippen LogP contribution in [-0.4, -0.2) is 28.8 Å². The van der Waals surface area contributed by atoms with Crippen LogP contribution < -0.4 is 4.90 Å². The van der Waals surface area contributed by atoms with E-state index < -0.39 is 0 Å². The smallest absolute Gasteiger partial charge is 0.228 e. The third-order valence-corrected chi connectivity index (χ3v) is 4.39. The molecule has 1 saturated carbocycles. The largest absolute Gasteiger partial charge is 0.297 e. The number of azide groups is 1. The number of nitrogens with zero attached hydrogens (tertiary/aromatic N) is 6. The molecule has 2 aliphatic rings. The van der Waals surface area contributed by atoms with Crippen LogP contribution >= 0.6 is 0 Å². The maximum atomic E-state index is 12.3. The van der Waals surface area contributed by atoms with Crippen molar-refractivity contribution in [1.82, 2.24) is 9.78 Å². The van der Waals surface area contributed by atoms with E-state index in [4.69, 9.17) is 5.53 Å². The number of rotatable bonds is 4. The highest BCUT2D eigenvalue weighted by atomic mass is 16.2. The summed E-state index contributed by atoms with van der Waals surface area (Å²) in [6, 6.07) is 2.41. The predicted octanol–water partition coefficient (Wildman–Crippen LogP) is 2.97. The van der Waals surface area contributed by atoms with E-state index in [1.165, 1.54) is 12.8 Å². The summed E-state index contributed by atoms with van der Waals surface area (Å²) < 4.78 is 2.04. The minimum atomic E-state index is 0.104. The number of carbonyl (C=O) groups excluding carboxylic acids is 1. The molecule has 1 unspecified atom stereocenters. The number of carbonyl (C=O) groups is 1. The van der Waals surface area contributed by atoms with Crippen LogP contribution in [0.25, 0.3) is 10.4 Å². The van der Waals surface area contributed by atoms with Crippen LogP contribution in [0.15, 0.2) is 11.2 Å². The fraction of sp³-hybridized carbons (Fsp3) is 0.714. The summed E-state index contributed by atoms with van der Waals surface area (Å²) in [6.07, 6.45) is 5.19. The number of aryl methyl sites for hydroxylation is 1. The molecule has 7 nitrogen and oxygen atoms in total. The van der Waals surface area contributed by atoms with Crippen LogP contribution in [0, 0.1) is 12.8 Å². The van der Waals surface area contributed by atoms with Crippen LogP contribution in [-0.2, 0) is 4.79 Å². The SMILES string of the molecule is Cc1cc(N2CC(CN=[N+]=[N-])CC2=O)n(C2CCCC2)n1. The van der Waals surface area contributed by atoms with Crippen molar-refractivity contribution in [1.29, 1.82) is 0 Å². The van der Waals surface area contributed by atoms with Crippen molar-refractivity contribution < 1.29 is 4.79 Å². The second-order valence-corrected chi connectivity index (χ2v) is 6.01. The maximum absolute atomic E-state index is 12.3. The summed E-state index contributed by atoms with van der Waals surface area (Å²) in [6.45, 7) is 2.97. The Morgan fingerprint density at radius 3 is 2.95 bits per heavy atom. The van der Waals surface area contributed by atoms with E-state index in [1.54, 1.807) is 0 Å². The van der Waals surface area contributed by atoms with Crippen molar-refractivity contribution in [3.8, 4) is 0 Å². The van der Waals surface area contributed by atoms with Crippen LogP contribution in [0.1, 0.15) is 43.8 Å². The molecule has 1 aliphatic carbocycles. The number of amides is 1. The van der Waals surface area contributed by atoms with Gasteiger partial charge in [-0.25, -0.2) is 4.68 Å². The second-order valence-electron chi connectivity index (χ2n) is 6.01. The molecule has 0 aromatic carbocycles. The van der Waals surface area contributed by atoms with Crippen LogP contribution in [0.5, 0.6) is 0 Å². The van der Waals surface area contributed by atoms with Gasteiger partial charge in [-0.2, -0.15) is 5.10 Å². The molecule has 0 N–H and O–H groups in total. The van der Waals surface area contributed by atoms with Gasteiger partial charge in [-0.3, -0.25) is 9.69 Å². The molecule has 2 fully saturated rings. The molecule has 0 spiro atoms. The second kappa shape index (κ2) is 5.77. The number of anilines is 1. The molecule has 0 radical (unpaired) electrons. The van der Waals surface area contributed by atoms with Crippen LogP contribution in [0.4, 0.5) is 5.82 Å². The van der Waals surface area contributed by atoms with Crippen molar-refractivity contribution >= 4 is 11.7 Å². The molecular formula is C14H20N6O. The highest BCUT2D eigenvalue weighted by molar-refractivity contribution is 5.95. The van der Waals surface area contributed by atoms with E-state index in [1.807, 2.05) is 22.6 Å². The van der Waals surface area contributed by atoms with Crippen molar-refractivity contribution in [2.75, 3.05) is 18.0 Å². The van der Waals surface area contributed by atoms with E-state index in [9.17, 15) is 4.79 Å². The monoisotopic (exact) mass is 288 g/mol. The van der Waals surface area contributed by atoms with E-state index in [2.05, 4.69) is 15.1 Å². The van der Waals surface area contributed by atoms with Gasteiger partial charge in [0.05, 0.1) is 11.7 Å². The van der Waals surface area contributed by atoms with Crippen LogP contribution in [0.3, 0.4) is 0 Å². The van der Waals surface area contributed by atoms with Crippen molar-refractivity contribution in [3.05, 3.63) is 22.2 Å². The fourth-order valence-corrected chi connectivity index (χ4v) is 3.40. The minimum absolute atomic E-state index is 0.104.